The summed E-state index contributed by atoms with van der Waals surface area (Å²) in [5.74, 6) is -2.23. The number of carbonyl (C=O) groups is 1. The standard InChI is InChI=1S/C28H32ClN3O4S.C2HF3O2/c1-20(2)37(34,35)31-13-12-30-18-22-3-6-24-16-26(10-7-23(24)15-22)32-14-11-27(17-28(32)33)36-19-21-4-8-25(29)9-5-21;3-2(4,5)1(6)7/h3-6,8-9,11,14-17,20,30-31H,7,10,12-13,18-19H2,1-2H3;(H,6,7). The number of carboxylic acids is 1. The third kappa shape index (κ3) is 10.5. The molecule has 0 radical (unpaired) electrons. The third-order valence-electron chi connectivity index (χ3n) is 6.50. The van der Waals surface area contributed by atoms with Crippen LogP contribution in [0.5, 0.6) is 5.75 Å². The molecule has 9 nitrogen and oxygen atoms in total. The van der Waals surface area contributed by atoms with Gasteiger partial charge in [0.25, 0.3) is 5.56 Å². The summed E-state index contributed by atoms with van der Waals surface area (Å²) < 4.78 is 65.4. The summed E-state index contributed by atoms with van der Waals surface area (Å²) in [7, 11) is -3.24. The van der Waals surface area contributed by atoms with E-state index in [0.717, 1.165) is 35.2 Å². The van der Waals surface area contributed by atoms with E-state index >= 15 is 0 Å². The van der Waals surface area contributed by atoms with Crippen LogP contribution in [0.1, 0.15) is 42.5 Å². The van der Waals surface area contributed by atoms with Gasteiger partial charge >= 0.3 is 12.1 Å². The molecule has 3 aromatic rings. The summed E-state index contributed by atoms with van der Waals surface area (Å²) in [6.45, 7) is 5.25. The second kappa shape index (κ2) is 15.4. The van der Waals surface area contributed by atoms with Crippen LogP contribution < -0.4 is 20.3 Å². The number of aryl methyl sites for hydroxylation is 1. The van der Waals surface area contributed by atoms with Crippen molar-refractivity contribution in [1.29, 1.82) is 0 Å². The molecular weight excluding hydrogens is 623 g/mol. The third-order valence-corrected chi connectivity index (χ3v) is 8.60. The molecule has 1 aromatic heterocycles. The molecule has 0 fully saturated rings. The molecular formula is C30H33ClF3N3O6S. The van der Waals surface area contributed by atoms with E-state index in [1.807, 2.05) is 30.3 Å². The van der Waals surface area contributed by atoms with E-state index in [4.69, 9.17) is 26.2 Å². The largest absolute Gasteiger partial charge is 0.490 e. The molecule has 3 N–H and O–H groups in total. The van der Waals surface area contributed by atoms with Crippen molar-refractivity contribution in [1.82, 2.24) is 14.6 Å². The first-order valence-corrected chi connectivity index (χ1v) is 15.5. The molecule has 0 saturated carbocycles. The van der Waals surface area contributed by atoms with Gasteiger partial charge in [0.05, 0.1) is 5.25 Å². The highest BCUT2D eigenvalue weighted by Gasteiger charge is 2.38. The normalized spacial score (nSPS) is 13.0. The van der Waals surface area contributed by atoms with Crippen LogP contribution in [0.3, 0.4) is 0 Å². The topological polar surface area (TPSA) is 127 Å². The summed E-state index contributed by atoms with van der Waals surface area (Å²) in [5.41, 5.74) is 5.28. The van der Waals surface area contributed by atoms with Gasteiger partial charge in [0, 0.05) is 42.6 Å². The number of allylic oxidation sites excluding steroid dienone is 1. The highest BCUT2D eigenvalue weighted by atomic mass is 35.5. The molecule has 1 heterocycles. The molecule has 14 heteroatoms. The minimum atomic E-state index is -5.08. The fourth-order valence-electron chi connectivity index (χ4n) is 4.05. The number of fused-ring (bicyclic) bond motifs is 1. The monoisotopic (exact) mass is 655 g/mol. The number of nitrogens with one attached hydrogen (secondary N) is 2. The Balaban J connectivity index is 0.000000676. The van der Waals surface area contributed by atoms with Gasteiger partial charge in [-0.05, 0) is 73.2 Å². The molecule has 0 amide bonds. The van der Waals surface area contributed by atoms with E-state index in [0.29, 0.717) is 37.0 Å². The minimum Gasteiger partial charge on any atom is -0.489 e. The Morgan fingerprint density at radius 1 is 1.05 bits per heavy atom. The van der Waals surface area contributed by atoms with E-state index in [1.54, 1.807) is 24.6 Å². The van der Waals surface area contributed by atoms with Crippen LogP contribution >= 0.6 is 11.6 Å². The maximum absolute atomic E-state index is 12.8. The number of pyridine rings is 1. The lowest BCUT2D eigenvalue weighted by Gasteiger charge is -2.19. The summed E-state index contributed by atoms with van der Waals surface area (Å²) in [5, 5.41) is 10.6. The van der Waals surface area contributed by atoms with Crippen molar-refractivity contribution in [2.75, 3.05) is 13.1 Å². The van der Waals surface area contributed by atoms with E-state index in [2.05, 4.69) is 34.3 Å². The second-order valence-electron chi connectivity index (χ2n) is 10.1. The summed E-state index contributed by atoms with van der Waals surface area (Å²) >= 11 is 5.92. The number of halogens is 4. The molecule has 44 heavy (non-hydrogen) atoms. The van der Waals surface area contributed by atoms with Crippen LogP contribution in [-0.2, 0) is 34.4 Å². The van der Waals surface area contributed by atoms with Crippen LogP contribution in [0.4, 0.5) is 13.2 Å². The molecule has 2 aromatic carbocycles. The number of sulfonamides is 1. The average Bonchev–Trinajstić information content (AvgIpc) is 2.96. The zero-order valence-electron chi connectivity index (χ0n) is 24.0. The van der Waals surface area contributed by atoms with Gasteiger partial charge in [-0.1, -0.05) is 41.9 Å². The second-order valence-corrected chi connectivity index (χ2v) is 12.9. The summed E-state index contributed by atoms with van der Waals surface area (Å²) in [6.07, 6.45) is 0.338. The number of alkyl halides is 3. The Hall–Kier alpha value is -3.65. The number of carboxylic acid groups (broad SMARTS) is 1. The van der Waals surface area contributed by atoms with Crippen molar-refractivity contribution in [3.63, 3.8) is 0 Å². The maximum Gasteiger partial charge on any atom is 0.490 e. The number of hydrogen-bond donors (Lipinski definition) is 3. The zero-order chi connectivity index (χ0) is 32.5. The highest BCUT2D eigenvalue weighted by molar-refractivity contribution is 7.90. The van der Waals surface area contributed by atoms with E-state index in [1.165, 1.54) is 11.6 Å². The smallest absolute Gasteiger partial charge is 0.489 e. The molecule has 0 spiro atoms. The van der Waals surface area contributed by atoms with E-state index in [-0.39, 0.29) is 5.56 Å². The van der Waals surface area contributed by atoms with Crippen molar-refractivity contribution >= 4 is 39.4 Å². The molecule has 238 valence electrons. The Morgan fingerprint density at radius 2 is 1.70 bits per heavy atom. The number of aliphatic carboxylic acids is 1. The van der Waals surface area contributed by atoms with Gasteiger partial charge < -0.3 is 15.2 Å². The van der Waals surface area contributed by atoms with Gasteiger partial charge in [-0.3, -0.25) is 9.36 Å². The summed E-state index contributed by atoms with van der Waals surface area (Å²) in [6, 6.07) is 17.0. The van der Waals surface area contributed by atoms with Crippen molar-refractivity contribution in [2.24, 2.45) is 0 Å². The number of benzene rings is 2. The molecule has 1 aliphatic carbocycles. The molecule has 0 unspecified atom stereocenters. The fourth-order valence-corrected chi connectivity index (χ4v) is 4.89. The van der Waals surface area contributed by atoms with Crippen molar-refractivity contribution in [3.05, 3.63) is 98.4 Å². The molecule has 0 bridgehead atoms. The van der Waals surface area contributed by atoms with Gasteiger partial charge in [0.2, 0.25) is 10.0 Å². The van der Waals surface area contributed by atoms with Crippen molar-refractivity contribution in [3.8, 4) is 5.75 Å². The molecule has 0 saturated heterocycles. The first-order valence-electron chi connectivity index (χ1n) is 13.6. The molecule has 1 aliphatic rings. The predicted octanol–water partition coefficient (Wildman–Crippen LogP) is 5.08. The van der Waals surface area contributed by atoms with Gasteiger partial charge in [-0.2, -0.15) is 13.2 Å². The summed E-state index contributed by atoms with van der Waals surface area (Å²) in [4.78, 5) is 21.7. The van der Waals surface area contributed by atoms with E-state index < -0.39 is 27.4 Å². The van der Waals surface area contributed by atoms with Crippen LogP contribution in [0, 0.1) is 0 Å². The number of rotatable bonds is 11. The number of hydrogen-bond acceptors (Lipinski definition) is 6. The lowest BCUT2D eigenvalue weighted by atomic mass is 9.93. The maximum atomic E-state index is 12.8. The van der Waals surface area contributed by atoms with E-state index in [9.17, 15) is 26.4 Å². The molecule has 0 aliphatic heterocycles. The fraction of sp³-hybridized carbons (Fsp3) is 0.333. The van der Waals surface area contributed by atoms with Crippen molar-refractivity contribution < 1.29 is 36.2 Å². The minimum absolute atomic E-state index is 0.128. The lowest BCUT2D eigenvalue weighted by molar-refractivity contribution is -0.192. The lowest BCUT2D eigenvalue weighted by Crippen LogP contribution is -2.35. The van der Waals surface area contributed by atoms with Crippen LogP contribution in [0.2, 0.25) is 5.02 Å². The zero-order valence-corrected chi connectivity index (χ0v) is 25.6. The highest BCUT2D eigenvalue weighted by Crippen LogP contribution is 2.27. The van der Waals surface area contributed by atoms with Crippen LogP contribution in [-0.4, -0.2) is 48.6 Å². The SMILES string of the molecule is CC(C)S(=O)(=O)NCCNCc1ccc2c(c1)CCC(n1ccc(OCc3ccc(Cl)cc3)cc1=O)=C2.O=C(O)C(F)(F)F. The average molecular weight is 656 g/mol. The first kappa shape index (κ1) is 34.8. The van der Waals surface area contributed by atoms with Crippen LogP contribution in [0.25, 0.3) is 11.8 Å². The Kier molecular flexibility index (Phi) is 12.2. The predicted molar refractivity (Wildman–Crippen MR) is 163 cm³/mol. The van der Waals surface area contributed by atoms with Crippen molar-refractivity contribution in [2.45, 2.75) is 51.3 Å². The Bertz CT molecular complexity index is 1640. The first-order chi connectivity index (χ1) is 20.7. The quantitative estimate of drug-likeness (QED) is 0.246. The van der Waals surface area contributed by atoms with Crippen LogP contribution in [0.15, 0.2) is 65.6 Å². The number of nitrogens with zero attached hydrogens (tertiary/aromatic N) is 1. The Morgan fingerprint density at radius 3 is 2.32 bits per heavy atom. The van der Waals surface area contributed by atoms with Gasteiger partial charge in [0.1, 0.15) is 12.4 Å². The van der Waals surface area contributed by atoms with Gasteiger partial charge in [-0.15, -0.1) is 0 Å². The number of aromatic nitrogens is 1. The molecule has 4 rings (SSSR count). The molecule has 0 atom stereocenters. The Labute approximate surface area is 258 Å². The van der Waals surface area contributed by atoms with Gasteiger partial charge in [-0.25, -0.2) is 17.9 Å². The number of ether oxygens (including phenoxy) is 1. The van der Waals surface area contributed by atoms with Gasteiger partial charge in [0.15, 0.2) is 0 Å².